The Bertz CT molecular complexity index is 488. The zero-order chi connectivity index (χ0) is 13.5. The highest BCUT2D eigenvalue weighted by molar-refractivity contribution is 7.99. The second-order valence-electron chi connectivity index (χ2n) is 4.13. The Labute approximate surface area is 127 Å². The fraction of sp³-hybridized carbons (Fsp3) is 0.357. The van der Waals surface area contributed by atoms with Crippen LogP contribution in [0.3, 0.4) is 0 Å². The fourth-order valence-electron chi connectivity index (χ4n) is 1.80. The molecule has 0 saturated carbocycles. The van der Waals surface area contributed by atoms with Crippen molar-refractivity contribution < 1.29 is 0 Å². The van der Waals surface area contributed by atoms with Gasteiger partial charge in [-0.05, 0) is 18.7 Å². The molecule has 5 heteroatoms. The van der Waals surface area contributed by atoms with Gasteiger partial charge in [-0.2, -0.15) is 0 Å². The average Bonchev–Trinajstić information content (AvgIpc) is 2.91. The lowest BCUT2D eigenvalue weighted by molar-refractivity contribution is 0.571. The molecule has 0 amide bonds. The van der Waals surface area contributed by atoms with Crippen LogP contribution in [-0.2, 0) is 6.42 Å². The number of nitrogens with one attached hydrogen (secondary N) is 1. The molecule has 0 radical (unpaired) electrons. The minimum Gasteiger partial charge on any atom is -0.313 e. The number of rotatable bonds is 7. The van der Waals surface area contributed by atoms with Gasteiger partial charge >= 0.3 is 0 Å². The molecule has 0 aliphatic carbocycles. The molecule has 0 saturated heterocycles. The molecule has 2 aromatic rings. The highest BCUT2D eigenvalue weighted by Crippen LogP contribution is 2.27. The molecule has 1 aromatic heterocycles. The molecule has 1 N–H and O–H groups in total. The van der Waals surface area contributed by atoms with E-state index < -0.39 is 0 Å². The Kier molecular flexibility index (Phi) is 6.17. The molecule has 0 fully saturated rings. The van der Waals surface area contributed by atoms with Gasteiger partial charge in [0, 0.05) is 34.7 Å². The van der Waals surface area contributed by atoms with Crippen molar-refractivity contribution in [3.63, 3.8) is 0 Å². The van der Waals surface area contributed by atoms with Crippen molar-refractivity contribution in [1.29, 1.82) is 0 Å². The van der Waals surface area contributed by atoms with Gasteiger partial charge in [-0.3, -0.25) is 0 Å². The lowest BCUT2D eigenvalue weighted by Crippen LogP contribution is -2.33. The molecule has 19 heavy (non-hydrogen) atoms. The van der Waals surface area contributed by atoms with E-state index in [9.17, 15) is 0 Å². The first-order chi connectivity index (χ1) is 9.29. The summed E-state index contributed by atoms with van der Waals surface area (Å²) in [5, 5.41) is 7.56. The van der Waals surface area contributed by atoms with E-state index in [-0.39, 0.29) is 0 Å². The highest BCUT2D eigenvalue weighted by Gasteiger charge is 2.11. The van der Waals surface area contributed by atoms with Gasteiger partial charge < -0.3 is 5.32 Å². The summed E-state index contributed by atoms with van der Waals surface area (Å²) in [6.07, 6.45) is 2.84. The molecular weight excluding hydrogens is 296 g/mol. The van der Waals surface area contributed by atoms with Crippen molar-refractivity contribution >= 4 is 34.7 Å². The third-order valence-corrected chi connectivity index (χ3v) is 5.15. The molecule has 1 atom stereocenters. The average molecular weight is 313 g/mol. The number of halogens is 1. The molecule has 1 heterocycles. The van der Waals surface area contributed by atoms with Crippen LogP contribution in [0.25, 0.3) is 0 Å². The maximum atomic E-state index is 6.18. The van der Waals surface area contributed by atoms with Crippen molar-refractivity contribution in [2.24, 2.45) is 0 Å². The van der Waals surface area contributed by atoms with Gasteiger partial charge in [-0.1, -0.05) is 30.7 Å². The van der Waals surface area contributed by atoms with Crippen LogP contribution in [0.4, 0.5) is 0 Å². The number of thiazole rings is 1. The Hall–Kier alpha value is -0.550. The summed E-state index contributed by atoms with van der Waals surface area (Å²) < 4.78 is 0. The van der Waals surface area contributed by atoms with E-state index in [1.54, 1.807) is 23.1 Å². The molecule has 2 nitrogen and oxygen atoms in total. The van der Waals surface area contributed by atoms with Gasteiger partial charge in [0.1, 0.15) is 0 Å². The normalized spacial score (nSPS) is 12.5. The van der Waals surface area contributed by atoms with Crippen LogP contribution in [0, 0.1) is 0 Å². The van der Waals surface area contributed by atoms with Gasteiger partial charge in [0.2, 0.25) is 0 Å². The summed E-state index contributed by atoms with van der Waals surface area (Å²) in [6.45, 7) is 3.11. The molecular formula is C14H17ClN2S2. The summed E-state index contributed by atoms with van der Waals surface area (Å²) in [4.78, 5) is 5.50. The number of hydrogen-bond acceptors (Lipinski definition) is 4. The molecule has 1 unspecified atom stereocenters. The summed E-state index contributed by atoms with van der Waals surface area (Å²) >= 11 is 9.69. The first-order valence-electron chi connectivity index (χ1n) is 6.28. The minimum atomic E-state index is 0.428. The van der Waals surface area contributed by atoms with Crippen molar-refractivity contribution in [3.05, 3.63) is 45.9 Å². The maximum Gasteiger partial charge on any atom is 0.0940 e. The van der Waals surface area contributed by atoms with E-state index in [2.05, 4.69) is 23.3 Å². The third kappa shape index (κ3) is 4.80. The Morgan fingerprint density at radius 3 is 2.95 bits per heavy atom. The van der Waals surface area contributed by atoms with Crippen molar-refractivity contribution in [1.82, 2.24) is 10.3 Å². The molecule has 0 aliphatic heterocycles. The van der Waals surface area contributed by atoms with Crippen LogP contribution in [0.1, 0.15) is 11.9 Å². The van der Waals surface area contributed by atoms with Crippen molar-refractivity contribution in [2.45, 2.75) is 24.3 Å². The fourth-order valence-corrected chi connectivity index (χ4v) is 3.79. The molecule has 0 bridgehead atoms. The van der Waals surface area contributed by atoms with E-state index in [1.807, 2.05) is 29.8 Å². The molecule has 2 rings (SSSR count). The topological polar surface area (TPSA) is 24.9 Å². The van der Waals surface area contributed by atoms with Crippen molar-refractivity contribution in [3.8, 4) is 0 Å². The van der Waals surface area contributed by atoms with E-state index in [4.69, 9.17) is 11.6 Å². The first-order valence-corrected chi connectivity index (χ1v) is 8.53. The summed E-state index contributed by atoms with van der Waals surface area (Å²) in [7, 11) is 0. The second kappa shape index (κ2) is 7.90. The quantitative estimate of drug-likeness (QED) is 0.779. The number of benzene rings is 1. The number of hydrogen-bond donors (Lipinski definition) is 1. The largest absolute Gasteiger partial charge is 0.313 e. The van der Waals surface area contributed by atoms with E-state index in [0.29, 0.717) is 6.04 Å². The summed E-state index contributed by atoms with van der Waals surface area (Å²) in [6, 6.07) is 8.42. The highest BCUT2D eigenvalue weighted by atomic mass is 35.5. The van der Waals surface area contributed by atoms with Gasteiger partial charge in [-0.25, -0.2) is 4.98 Å². The Morgan fingerprint density at radius 1 is 1.42 bits per heavy atom. The number of likely N-dealkylation sites (N-methyl/N-ethyl adjacent to an activating group) is 1. The SMILES string of the molecule is CCNC(CSc1ccccc1Cl)Cc1nccs1. The monoisotopic (exact) mass is 312 g/mol. The number of aromatic nitrogens is 1. The zero-order valence-electron chi connectivity index (χ0n) is 10.8. The van der Waals surface area contributed by atoms with Gasteiger partial charge in [-0.15, -0.1) is 23.1 Å². The van der Waals surface area contributed by atoms with Crippen LogP contribution in [0.5, 0.6) is 0 Å². The summed E-state index contributed by atoms with van der Waals surface area (Å²) in [5.41, 5.74) is 0. The minimum absolute atomic E-state index is 0.428. The predicted molar refractivity (Wildman–Crippen MR) is 85.5 cm³/mol. The van der Waals surface area contributed by atoms with E-state index in [0.717, 1.165) is 28.6 Å². The maximum absolute atomic E-state index is 6.18. The van der Waals surface area contributed by atoms with Crippen LogP contribution >= 0.6 is 34.7 Å². The van der Waals surface area contributed by atoms with Crippen LogP contribution in [0.2, 0.25) is 5.02 Å². The van der Waals surface area contributed by atoms with Gasteiger partial charge in [0.15, 0.2) is 0 Å². The standard InChI is InChI=1S/C14H17ClN2S2/c1-2-16-11(9-14-17-7-8-18-14)10-19-13-6-4-3-5-12(13)15/h3-8,11,16H,2,9-10H2,1H3. The summed E-state index contributed by atoms with van der Waals surface area (Å²) in [5.74, 6) is 0.997. The van der Waals surface area contributed by atoms with Gasteiger partial charge in [0.05, 0.1) is 10.0 Å². The predicted octanol–water partition coefficient (Wildman–Crippen LogP) is 4.11. The van der Waals surface area contributed by atoms with Crippen LogP contribution in [-0.4, -0.2) is 23.3 Å². The molecule has 102 valence electrons. The van der Waals surface area contributed by atoms with E-state index in [1.165, 1.54) is 5.01 Å². The van der Waals surface area contributed by atoms with E-state index >= 15 is 0 Å². The Morgan fingerprint density at radius 2 is 2.26 bits per heavy atom. The zero-order valence-corrected chi connectivity index (χ0v) is 13.2. The molecule has 0 spiro atoms. The second-order valence-corrected chi connectivity index (χ2v) is 6.57. The smallest absolute Gasteiger partial charge is 0.0940 e. The van der Waals surface area contributed by atoms with Crippen LogP contribution < -0.4 is 5.32 Å². The first kappa shape index (κ1) is 14.9. The lowest BCUT2D eigenvalue weighted by atomic mass is 10.2. The number of thioether (sulfide) groups is 1. The molecule has 0 aliphatic rings. The van der Waals surface area contributed by atoms with Crippen molar-refractivity contribution in [2.75, 3.05) is 12.3 Å². The third-order valence-electron chi connectivity index (χ3n) is 2.67. The lowest BCUT2D eigenvalue weighted by Gasteiger charge is -2.16. The Balaban J connectivity index is 1.91. The van der Waals surface area contributed by atoms with Gasteiger partial charge in [0.25, 0.3) is 0 Å². The number of nitrogens with zero attached hydrogens (tertiary/aromatic N) is 1. The van der Waals surface area contributed by atoms with Crippen LogP contribution in [0.15, 0.2) is 40.7 Å². The molecule has 1 aromatic carbocycles.